The number of alkyl carbamates (subject to hydrolysis) is 1. The van der Waals surface area contributed by atoms with E-state index in [4.69, 9.17) is 0 Å². The first kappa shape index (κ1) is 19.4. The predicted octanol–water partition coefficient (Wildman–Crippen LogP) is -0.981. The number of imidazole rings is 2. The Kier molecular flexibility index (Phi) is 5.05. The molecule has 150 valence electrons. The number of hydrogen-bond donors (Lipinski definition) is 3. The number of nitrogens with zero attached hydrogens (tertiary/aromatic N) is 4. The number of amides is 1. The minimum atomic E-state index is -1.40. The lowest BCUT2D eigenvalue weighted by Gasteiger charge is -2.21. The molecule has 0 aliphatic rings. The van der Waals surface area contributed by atoms with Gasteiger partial charge in [0.2, 0.25) is 5.78 Å². The summed E-state index contributed by atoms with van der Waals surface area (Å²) >= 11 is 0. The Morgan fingerprint density at radius 3 is 2.71 bits per heavy atom. The van der Waals surface area contributed by atoms with E-state index >= 15 is 0 Å². The molecule has 0 spiro atoms. The quantitative estimate of drug-likeness (QED) is 0.468. The summed E-state index contributed by atoms with van der Waals surface area (Å²) in [5.74, 6) is -0.520. The minimum absolute atomic E-state index is 0.147. The van der Waals surface area contributed by atoms with E-state index in [0.29, 0.717) is 22.8 Å². The van der Waals surface area contributed by atoms with Crippen LogP contribution in [0.25, 0.3) is 16.9 Å². The van der Waals surface area contributed by atoms with Crippen molar-refractivity contribution < 1.29 is 24.2 Å². The largest absolute Gasteiger partial charge is 0.467 e. The van der Waals surface area contributed by atoms with Crippen LogP contribution < -0.4 is 10.9 Å². The number of carbonyl (C=O) groups excluding carboxylic acids is 2. The number of esters is 1. The van der Waals surface area contributed by atoms with E-state index in [1.807, 2.05) is 0 Å². The first-order valence-corrected chi connectivity index (χ1v) is 8.30. The molecule has 12 heteroatoms. The zero-order valence-corrected chi connectivity index (χ0v) is 15.7. The number of hydrogen-bond acceptors (Lipinski definition) is 8. The Labute approximate surface area is 158 Å². The van der Waals surface area contributed by atoms with Crippen LogP contribution in [0.5, 0.6) is 0 Å². The van der Waals surface area contributed by atoms with Gasteiger partial charge < -0.3 is 24.9 Å². The van der Waals surface area contributed by atoms with Crippen LogP contribution in [0.2, 0.25) is 0 Å². The van der Waals surface area contributed by atoms with E-state index in [0.717, 1.165) is 14.2 Å². The van der Waals surface area contributed by atoms with Gasteiger partial charge in [-0.15, -0.1) is 0 Å². The van der Waals surface area contributed by atoms with Crippen LogP contribution >= 0.6 is 0 Å². The second-order valence-electron chi connectivity index (χ2n) is 6.15. The molecule has 0 aliphatic heterocycles. The standard InChI is InChI=1S/C16H20N6O6/c1-7-8(5-9(23)10(14(25)27-3)20-16(26)28-4)22-13(24)11-12(18-6-17-11)21(2)15(22)19-7/h6,9-10,23H,5H2,1-4H3,(H,17,18)(H,20,26)/t9-,10+/m1/s1. The molecule has 0 radical (unpaired) electrons. The highest BCUT2D eigenvalue weighted by atomic mass is 16.5. The Morgan fingerprint density at radius 1 is 1.36 bits per heavy atom. The number of aliphatic hydroxyl groups is 1. The number of nitrogens with one attached hydrogen (secondary N) is 2. The van der Waals surface area contributed by atoms with E-state index in [1.165, 1.54) is 10.7 Å². The third-order valence-corrected chi connectivity index (χ3v) is 4.51. The maximum atomic E-state index is 12.9. The third kappa shape index (κ3) is 3.07. The molecule has 3 aromatic rings. The highest BCUT2D eigenvalue weighted by molar-refractivity contribution is 5.82. The average molecular weight is 392 g/mol. The lowest BCUT2D eigenvalue weighted by Crippen LogP contribution is -2.50. The van der Waals surface area contributed by atoms with E-state index < -0.39 is 24.2 Å². The fraction of sp³-hybridized carbons (Fsp3) is 0.438. The smallest absolute Gasteiger partial charge is 0.407 e. The minimum Gasteiger partial charge on any atom is -0.467 e. The van der Waals surface area contributed by atoms with Crippen molar-refractivity contribution in [3.63, 3.8) is 0 Å². The summed E-state index contributed by atoms with van der Waals surface area (Å²) in [6.45, 7) is 1.68. The Bertz CT molecular complexity index is 1110. The van der Waals surface area contributed by atoms with Crippen molar-refractivity contribution in [1.29, 1.82) is 0 Å². The predicted molar refractivity (Wildman–Crippen MR) is 95.9 cm³/mol. The fourth-order valence-corrected chi connectivity index (χ4v) is 3.07. The molecule has 0 aromatic carbocycles. The molecule has 0 saturated heterocycles. The van der Waals surface area contributed by atoms with Crippen LogP contribution in [-0.4, -0.2) is 67.5 Å². The summed E-state index contributed by atoms with van der Waals surface area (Å²) in [7, 11) is 3.97. The highest BCUT2D eigenvalue weighted by Crippen LogP contribution is 2.16. The number of fused-ring (bicyclic) bond motifs is 2. The van der Waals surface area contributed by atoms with Gasteiger partial charge in [-0.3, -0.25) is 9.36 Å². The van der Waals surface area contributed by atoms with Crippen LogP contribution in [0.4, 0.5) is 4.79 Å². The number of aromatic nitrogens is 5. The summed E-state index contributed by atoms with van der Waals surface area (Å²) in [5, 5.41) is 12.8. The number of methoxy groups -OCH3 is 2. The number of H-pyrrole nitrogens is 1. The van der Waals surface area contributed by atoms with Crippen LogP contribution in [0.3, 0.4) is 0 Å². The number of aromatic amines is 1. The van der Waals surface area contributed by atoms with Gasteiger partial charge in [-0.25, -0.2) is 24.0 Å². The van der Waals surface area contributed by atoms with Gasteiger partial charge in [-0.1, -0.05) is 0 Å². The normalized spacial score (nSPS) is 13.5. The van der Waals surface area contributed by atoms with Gasteiger partial charge >= 0.3 is 12.1 Å². The van der Waals surface area contributed by atoms with Crippen molar-refractivity contribution in [3.05, 3.63) is 28.1 Å². The van der Waals surface area contributed by atoms with Crippen LogP contribution in [0.15, 0.2) is 11.1 Å². The molecular weight excluding hydrogens is 372 g/mol. The summed E-state index contributed by atoms with van der Waals surface area (Å²) < 4.78 is 12.1. The van der Waals surface area contributed by atoms with Crippen molar-refractivity contribution in [2.24, 2.45) is 7.05 Å². The molecule has 0 unspecified atom stereocenters. The zero-order chi connectivity index (χ0) is 20.6. The van der Waals surface area contributed by atoms with Crippen LogP contribution in [-0.2, 0) is 27.7 Å². The topological polar surface area (TPSA) is 153 Å². The van der Waals surface area contributed by atoms with Gasteiger partial charge in [0.25, 0.3) is 5.56 Å². The SMILES string of the molecule is COC(=O)N[C@H](C(=O)OC)[C@H](O)Cc1c(C)nc2n(C)c3nc[nH]c3c(=O)n12. The maximum absolute atomic E-state index is 12.9. The Morgan fingerprint density at radius 2 is 2.07 bits per heavy atom. The van der Waals surface area contributed by atoms with E-state index in [9.17, 15) is 19.5 Å². The summed E-state index contributed by atoms with van der Waals surface area (Å²) in [5.41, 5.74) is 1.20. The number of rotatable bonds is 5. The molecule has 12 nitrogen and oxygen atoms in total. The van der Waals surface area contributed by atoms with Gasteiger partial charge in [0.15, 0.2) is 11.7 Å². The van der Waals surface area contributed by atoms with Gasteiger partial charge in [-0.2, -0.15) is 0 Å². The van der Waals surface area contributed by atoms with Crippen molar-refractivity contribution in [3.8, 4) is 0 Å². The first-order valence-electron chi connectivity index (χ1n) is 8.30. The highest BCUT2D eigenvalue weighted by Gasteiger charge is 2.32. The second kappa shape index (κ2) is 7.31. The van der Waals surface area contributed by atoms with Gasteiger partial charge in [0, 0.05) is 13.5 Å². The molecule has 0 bridgehead atoms. The van der Waals surface area contributed by atoms with Gasteiger partial charge in [0.1, 0.15) is 5.52 Å². The second-order valence-corrected chi connectivity index (χ2v) is 6.15. The zero-order valence-electron chi connectivity index (χ0n) is 15.7. The third-order valence-electron chi connectivity index (χ3n) is 4.51. The van der Waals surface area contributed by atoms with Crippen LogP contribution in [0.1, 0.15) is 11.4 Å². The molecule has 1 amide bonds. The summed E-state index contributed by atoms with van der Waals surface area (Å²) in [6.07, 6.45) is -1.04. The van der Waals surface area contributed by atoms with E-state index in [-0.39, 0.29) is 17.5 Å². The molecule has 2 atom stereocenters. The fourth-order valence-electron chi connectivity index (χ4n) is 3.07. The molecule has 3 rings (SSSR count). The molecule has 28 heavy (non-hydrogen) atoms. The monoisotopic (exact) mass is 392 g/mol. The summed E-state index contributed by atoms with van der Waals surface area (Å²) in [4.78, 5) is 47.7. The van der Waals surface area contributed by atoms with Crippen molar-refractivity contribution in [2.45, 2.75) is 25.5 Å². The summed E-state index contributed by atoms with van der Waals surface area (Å²) in [6, 6.07) is -1.39. The number of aryl methyl sites for hydroxylation is 2. The Balaban J connectivity index is 2.07. The first-order chi connectivity index (χ1) is 13.3. The van der Waals surface area contributed by atoms with Crippen LogP contribution in [0, 0.1) is 6.92 Å². The number of aliphatic hydroxyl groups excluding tert-OH is 1. The van der Waals surface area contributed by atoms with E-state index in [2.05, 4.69) is 29.7 Å². The lowest BCUT2D eigenvalue weighted by atomic mass is 10.1. The molecule has 3 N–H and O–H groups in total. The Hall–Kier alpha value is -3.41. The molecule has 3 aromatic heterocycles. The number of ether oxygens (including phenoxy) is 2. The lowest BCUT2D eigenvalue weighted by molar-refractivity contribution is -0.146. The van der Waals surface area contributed by atoms with Gasteiger partial charge in [-0.05, 0) is 6.92 Å². The molecule has 0 saturated carbocycles. The van der Waals surface area contributed by atoms with Crippen molar-refractivity contribution in [2.75, 3.05) is 14.2 Å². The molecular formula is C16H20N6O6. The average Bonchev–Trinajstić information content (AvgIpc) is 3.29. The molecule has 3 heterocycles. The van der Waals surface area contributed by atoms with Crippen molar-refractivity contribution >= 4 is 29.0 Å². The van der Waals surface area contributed by atoms with Gasteiger partial charge in [0.05, 0.1) is 38.0 Å². The van der Waals surface area contributed by atoms with E-state index in [1.54, 1.807) is 18.5 Å². The van der Waals surface area contributed by atoms with Crippen molar-refractivity contribution in [1.82, 2.24) is 29.2 Å². The maximum Gasteiger partial charge on any atom is 0.407 e. The number of carbonyl (C=O) groups is 2. The molecule has 0 aliphatic carbocycles. The molecule has 0 fully saturated rings.